The molecule has 3 rings (SSSR count). The minimum absolute atomic E-state index is 0.450. The van der Waals surface area contributed by atoms with Crippen molar-refractivity contribution in [1.29, 1.82) is 0 Å². The fourth-order valence-corrected chi connectivity index (χ4v) is 2.36. The summed E-state index contributed by atoms with van der Waals surface area (Å²) in [6.45, 7) is 1.97. The van der Waals surface area contributed by atoms with Gasteiger partial charge in [0.15, 0.2) is 0 Å². The molecule has 0 aliphatic carbocycles. The Bertz CT molecular complexity index is 543. The van der Waals surface area contributed by atoms with Gasteiger partial charge in [-0.25, -0.2) is 0 Å². The number of halogens is 1. The Kier molecular flexibility index (Phi) is 2.83. The highest BCUT2D eigenvalue weighted by Crippen LogP contribution is 2.26. The summed E-state index contributed by atoms with van der Waals surface area (Å²) in [5.41, 5.74) is 7.07. The zero-order chi connectivity index (χ0) is 12.5. The highest BCUT2D eigenvalue weighted by atomic mass is 35.5. The summed E-state index contributed by atoms with van der Waals surface area (Å²) in [7, 11) is 0. The van der Waals surface area contributed by atoms with E-state index in [2.05, 4.69) is 15.0 Å². The van der Waals surface area contributed by atoms with Gasteiger partial charge in [0, 0.05) is 29.4 Å². The lowest BCUT2D eigenvalue weighted by atomic mass is 10.2. The molecule has 0 bridgehead atoms. The van der Waals surface area contributed by atoms with Gasteiger partial charge in [-0.2, -0.15) is 4.98 Å². The molecular weight excluding hydrogens is 252 g/mol. The van der Waals surface area contributed by atoms with Crippen LogP contribution in [0.15, 0.2) is 22.7 Å². The Labute approximate surface area is 110 Å². The molecule has 18 heavy (non-hydrogen) atoms. The topological polar surface area (TPSA) is 68.2 Å². The maximum atomic E-state index is 5.95. The standard InChI is InChI=1S/C12H13ClN4O/c13-9-5-8(6-10(14)7-9)11-15-12(16-18-11)17-3-1-2-4-17/h5-7H,1-4,14H2. The summed E-state index contributed by atoms with van der Waals surface area (Å²) in [6, 6.07) is 5.22. The Morgan fingerprint density at radius 2 is 2.00 bits per heavy atom. The molecule has 1 aromatic heterocycles. The monoisotopic (exact) mass is 264 g/mol. The van der Waals surface area contributed by atoms with Crippen LogP contribution in [-0.2, 0) is 0 Å². The van der Waals surface area contributed by atoms with Crippen molar-refractivity contribution >= 4 is 23.2 Å². The normalized spacial score (nSPS) is 15.3. The van der Waals surface area contributed by atoms with Crippen LogP contribution in [0.25, 0.3) is 11.5 Å². The van der Waals surface area contributed by atoms with E-state index in [9.17, 15) is 0 Å². The number of hydrogen-bond donors (Lipinski definition) is 1. The third-order valence-corrected chi connectivity index (χ3v) is 3.19. The minimum Gasteiger partial charge on any atom is -0.399 e. The maximum Gasteiger partial charge on any atom is 0.266 e. The number of nitrogens with two attached hydrogens (primary N) is 1. The molecular formula is C12H13ClN4O. The van der Waals surface area contributed by atoms with E-state index >= 15 is 0 Å². The first kappa shape index (κ1) is 11.3. The van der Waals surface area contributed by atoms with Crippen molar-refractivity contribution in [3.63, 3.8) is 0 Å². The van der Waals surface area contributed by atoms with E-state index in [1.54, 1.807) is 18.2 Å². The van der Waals surface area contributed by atoms with Crippen molar-refractivity contribution in [2.75, 3.05) is 23.7 Å². The molecule has 0 unspecified atom stereocenters. The van der Waals surface area contributed by atoms with Gasteiger partial charge in [0.05, 0.1) is 0 Å². The Hall–Kier alpha value is -1.75. The van der Waals surface area contributed by atoms with Crippen molar-refractivity contribution < 1.29 is 4.52 Å². The number of aromatic nitrogens is 2. The lowest BCUT2D eigenvalue weighted by Crippen LogP contribution is -2.18. The fourth-order valence-electron chi connectivity index (χ4n) is 2.11. The first-order chi connectivity index (χ1) is 8.72. The first-order valence-electron chi connectivity index (χ1n) is 5.87. The van der Waals surface area contributed by atoms with Crippen LogP contribution >= 0.6 is 11.6 Å². The van der Waals surface area contributed by atoms with Crippen LogP contribution < -0.4 is 10.6 Å². The molecule has 0 atom stereocenters. The van der Waals surface area contributed by atoms with E-state index in [1.165, 1.54) is 12.8 Å². The van der Waals surface area contributed by atoms with Gasteiger partial charge in [0.25, 0.3) is 11.8 Å². The molecule has 1 aliphatic rings. The van der Waals surface area contributed by atoms with Crippen LogP contribution in [0.3, 0.4) is 0 Å². The molecule has 1 aliphatic heterocycles. The molecule has 1 saturated heterocycles. The van der Waals surface area contributed by atoms with Crippen molar-refractivity contribution in [2.45, 2.75) is 12.8 Å². The molecule has 2 heterocycles. The second kappa shape index (κ2) is 4.49. The summed E-state index contributed by atoms with van der Waals surface area (Å²) >= 11 is 5.95. The van der Waals surface area contributed by atoms with Gasteiger partial charge >= 0.3 is 0 Å². The average Bonchev–Trinajstić information content (AvgIpc) is 2.99. The quantitative estimate of drug-likeness (QED) is 0.845. The van der Waals surface area contributed by atoms with Gasteiger partial charge < -0.3 is 15.2 Å². The molecule has 0 spiro atoms. The van der Waals surface area contributed by atoms with Crippen LogP contribution in [-0.4, -0.2) is 23.2 Å². The van der Waals surface area contributed by atoms with Crippen molar-refractivity contribution in [1.82, 2.24) is 10.1 Å². The van der Waals surface area contributed by atoms with Crippen molar-refractivity contribution in [2.24, 2.45) is 0 Å². The molecule has 1 fully saturated rings. The van der Waals surface area contributed by atoms with E-state index in [1.807, 2.05) is 0 Å². The van der Waals surface area contributed by atoms with Crippen molar-refractivity contribution in [3.8, 4) is 11.5 Å². The maximum absolute atomic E-state index is 5.95. The van der Waals surface area contributed by atoms with Crippen molar-refractivity contribution in [3.05, 3.63) is 23.2 Å². The molecule has 1 aromatic carbocycles. The molecule has 5 nitrogen and oxygen atoms in total. The number of hydrogen-bond acceptors (Lipinski definition) is 5. The summed E-state index contributed by atoms with van der Waals surface area (Å²) in [4.78, 5) is 6.49. The first-order valence-corrected chi connectivity index (χ1v) is 6.25. The Balaban J connectivity index is 1.92. The lowest BCUT2D eigenvalue weighted by Gasteiger charge is -2.09. The van der Waals surface area contributed by atoms with E-state index in [-0.39, 0.29) is 0 Å². The zero-order valence-electron chi connectivity index (χ0n) is 9.77. The van der Waals surface area contributed by atoms with Gasteiger partial charge in [-0.3, -0.25) is 0 Å². The predicted octanol–water partition coefficient (Wildman–Crippen LogP) is 2.57. The molecule has 2 N–H and O–H groups in total. The van der Waals surface area contributed by atoms with E-state index in [4.69, 9.17) is 21.9 Å². The second-order valence-electron chi connectivity index (χ2n) is 4.37. The molecule has 6 heteroatoms. The third-order valence-electron chi connectivity index (χ3n) is 2.97. The largest absolute Gasteiger partial charge is 0.399 e. The van der Waals surface area contributed by atoms with Crippen LogP contribution in [0.5, 0.6) is 0 Å². The second-order valence-corrected chi connectivity index (χ2v) is 4.80. The lowest BCUT2D eigenvalue weighted by molar-refractivity contribution is 0.430. The van der Waals surface area contributed by atoms with E-state index < -0.39 is 0 Å². The summed E-state index contributed by atoms with van der Waals surface area (Å²) in [5.74, 6) is 1.09. The van der Waals surface area contributed by atoms with Crippen LogP contribution in [0, 0.1) is 0 Å². The van der Waals surface area contributed by atoms with Gasteiger partial charge in [-0.15, -0.1) is 0 Å². The highest BCUT2D eigenvalue weighted by Gasteiger charge is 2.18. The molecule has 0 amide bonds. The van der Waals surface area contributed by atoms with Crippen LogP contribution in [0.1, 0.15) is 12.8 Å². The summed E-state index contributed by atoms with van der Waals surface area (Å²) in [6.07, 6.45) is 2.35. The highest BCUT2D eigenvalue weighted by molar-refractivity contribution is 6.31. The van der Waals surface area contributed by atoms with Gasteiger partial charge in [-0.05, 0) is 36.2 Å². The summed E-state index contributed by atoms with van der Waals surface area (Å²) < 4.78 is 5.26. The smallest absolute Gasteiger partial charge is 0.266 e. The Morgan fingerprint density at radius 3 is 2.72 bits per heavy atom. The minimum atomic E-state index is 0.450. The van der Waals surface area contributed by atoms with Gasteiger partial charge in [-0.1, -0.05) is 11.6 Å². The fraction of sp³-hybridized carbons (Fsp3) is 0.333. The average molecular weight is 265 g/mol. The van der Waals surface area contributed by atoms with Gasteiger partial charge in [0.1, 0.15) is 0 Å². The van der Waals surface area contributed by atoms with Gasteiger partial charge in [0.2, 0.25) is 0 Å². The molecule has 2 aromatic rings. The van der Waals surface area contributed by atoms with E-state index in [0.29, 0.717) is 22.5 Å². The third kappa shape index (κ3) is 2.13. The van der Waals surface area contributed by atoms with Crippen LogP contribution in [0.2, 0.25) is 5.02 Å². The zero-order valence-corrected chi connectivity index (χ0v) is 10.5. The predicted molar refractivity (Wildman–Crippen MR) is 70.6 cm³/mol. The van der Waals surface area contributed by atoms with Crippen LogP contribution in [0.4, 0.5) is 11.6 Å². The Morgan fingerprint density at radius 1 is 1.22 bits per heavy atom. The number of rotatable bonds is 2. The molecule has 0 radical (unpaired) electrons. The number of nitrogens with zero attached hydrogens (tertiary/aromatic N) is 3. The molecule has 0 saturated carbocycles. The number of nitrogen functional groups attached to an aromatic ring is 1. The SMILES string of the molecule is Nc1cc(Cl)cc(-c2nc(N3CCCC3)no2)c1. The number of benzene rings is 1. The molecule has 94 valence electrons. The number of anilines is 2. The van der Waals surface area contributed by atoms with E-state index in [0.717, 1.165) is 18.7 Å². The summed E-state index contributed by atoms with van der Waals surface area (Å²) in [5, 5.41) is 4.55.